The Kier molecular flexibility index (Phi) is 7.58. The first kappa shape index (κ1) is 34.4. The van der Waals surface area contributed by atoms with Crippen molar-refractivity contribution >= 4 is 60.8 Å². The minimum absolute atomic E-state index is 0.109. The van der Waals surface area contributed by atoms with Crippen LogP contribution in [0.2, 0.25) is 0 Å². The van der Waals surface area contributed by atoms with Gasteiger partial charge in [0, 0.05) is 49.9 Å². The fourth-order valence-corrected chi connectivity index (χ4v) is 9.89. The smallest absolute Gasteiger partial charge is 0.145 e. The van der Waals surface area contributed by atoms with E-state index in [-0.39, 0.29) is 5.41 Å². The molecule has 3 nitrogen and oxygen atoms in total. The van der Waals surface area contributed by atoms with Crippen molar-refractivity contribution in [3.8, 4) is 39.1 Å². The number of rotatable bonds is 6. The molecule has 60 heavy (non-hydrogen) atoms. The molecular weight excluding hydrogens is 729 g/mol. The number of aromatic nitrogens is 1. The minimum Gasteiger partial charge on any atom is -0.455 e. The molecule has 1 aliphatic rings. The summed E-state index contributed by atoms with van der Waals surface area (Å²) < 4.78 is 9.38. The van der Waals surface area contributed by atoms with Crippen molar-refractivity contribution in [2.24, 2.45) is 0 Å². The summed E-state index contributed by atoms with van der Waals surface area (Å²) in [5.41, 5.74) is 18.4. The van der Waals surface area contributed by atoms with Crippen molar-refractivity contribution in [3.63, 3.8) is 0 Å². The van der Waals surface area contributed by atoms with Crippen LogP contribution in [0.15, 0.2) is 211 Å². The van der Waals surface area contributed by atoms with E-state index in [2.05, 4.69) is 230 Å². The number of fused-ring (bicyclic) bond motifs is 10. The molecule has 284 valence electrons. The van der Waals surface area contributed by atoms with Crippen LogP contribution >= 0.6 is 0 Å². The summed E-state index contributed by atoms with van der Waals surface area (Å²) in [6.45, 7) is 4.69. The Morgan fingerprint density at radius 3 is 1.77 bits per heavy atom. The molecule has 12 rings (SSSR count). The third-order valence-corrected chi connectivity index (χ3v) is 12.8. The van der Waals surface area contributed by atoms with Crippen LogP contribution < -0.4 is 4.90 Å². The van der Waals surface area contributed by atoms with E-state index in [1.165, 1.54) is 44.3 Å². The van der Waals surface area contributed by atoms with Crippen LogP contribution in [-0.4, -0.2) is 4.57 Å². The molecule has 0 aliphatic heterocycles. The second-order valence-electron chi connectivity index (χ2n) is 16.5. The van der Waals surface area contributed by atoms with E-state index in [1.807, 2.05) is 0 Å². The zero-order valence-electron chi connectivity index (χ0n) is 33.4. The van der Waals surface area contributed by atoms with Crippen molar-refractivity contribution in [3.05, 3.63) is 217 Å². The number of nitrogens with zero attached hydrogens (tertiary/aromatic N) is 2. The summed E-state index contributed by atoms with van der Waals surface area (Å²) in [5, 5.41) is 4.56. The van der Waals surface area contributed by atoms with E-state index in [4.69, 9.17) is 4.42 Å². The van der Waals surface area contributed by atoms with E-state index in [0.29, 0.717) is 0 Å². The van der Waals surface area contributed by atoms with Gasteiger partial charge in [0.05, 0.1) is 16.4 Å². The predicted molar refractivity (Wildman–Crippen MR) is 251 cm³/mol. The molecule has 3 heteroatoms. The van der Waals surface area contributed by atoms with Gasteiger partial charge in [-0.1, -0.05) is 153 Å². The molecule has 2 heterocycles. The molecule has 9 aromatic carbocycles. The number of furan rings is 1. The number of benzene rings is 9. The Morgan fingerprint density at radius 1 is 0.400 bits per heavy atom. The Hall–Kier alpha value is -7.62. The largest absolute Gasteiger partial charge is 0.455 e. The zero-order chi connectivity index (χ0) is 40.0. The van der Waals surface area contributed by atoms with E-state index in [1.54, 1.807) is 0 Å². The summed E-state index contributed by atoms with van der Waals surface area (Å²) in [7, 11) is 0. The fraction of sp³-hybridized carbons (Fsp3) is 0.0526. The van der Waals surface area contributed by atoms with Crippen LogP contribution in [0.4, 0.5) is 17.1 Å². The van der Waals surface area contributed by atoms with Crippen molar-refractivity contribution in [2.75, 3.05) is 4.90 Å². The van der Waals surface area contributed by atoms with Gasteiger partial charge in [0.1, 0.15) is 11.2 Å². The van der Waals surface area contributed by atoms with Crippen LogP contribution in [0.1, 0.15) is 25.0 Å². The third-order valence-electron chi connectivity index (χ3n) is 12.8. The molecule has 11 aromatic rings. The van der Waals surface area contributed by atoms with Crippen molar-refractivity contribution in [1.29, 1.82) is 0 Å². The SMILES string of the molecule is CC1(C)c2ccccc2-c2ccc(N(c3ccc(-c4ccccc4)cc3)c3ccc(-c4cccc5c4oc4c5ccc5c4c4ccccc4n5-c4ccccc4)cc3)cc21. The lowest BCUT2D eigenvalue weighted by Gasteiger charge is -2.28. The van der Waals surface area contributed by atoms with E-state index < -0.39 is 0 Å². The quantitative estimate of drug-likeness (QED) is 0.168. The number of hydrogen-bond donors (Lipinski definition) is 0. The Balaban J connectivity index is 0.987. The lowest BCUT2D eigenvalue weighted by Crippen LogP contribution is -2.16. The van der Waals surface area contributed by atoms with Crippen molar-refractivity contribution in [2.45, 2.75) is 19.3 Å². The van der Waals surface area contributed by atoms with E-state index in [9.17, 15) is 0 Å². The molecule has 1 aliphatic carbocycles. The highest BCUT2D eigenvalue weighted by Gasteiger charge is 2.35. The van der Waals surface area contributed by atoms with Crippen molar-refractivity contribution < 1.29 is 4.42 Å². The molecule has 0 fully saturated rings. The highest BCUT2D eigenvalue weighted by Crippen LogP contribution is 2.51. The van der Waals surface area contributed by atoms with Gasteiger partial charge in [-0.3, -0.25) is 0 Å². The van der Waals surface area contributed by atoms with E-state index >= 15 is 0 Å². The van der Waals surface area contributed by atoms with Gasteiger partial charge in [-0.15, -0.1) is 0 Å². The van der Waals surface area contributed by atoms with Gasteiger partial charge in [0.25, 0.3) is 0 Å². The normalized spacial score (nSPS) is 13.0. The maximum Gasteiger partial charge on any atom is 0.145 e. The Morgan fingerprint density at radius 2 is 0.983 bits per heavy atom. The molecule has 0 saturated heterocycles. The standard InChI is InChI=1S/C57H40N2O/c1-57(2)50-22-11-9-18-45(50)46-33-32-43(36-51(46)57)58(41-28-24-38(25-29-41)37-14-5-3-6-15-37)42-30-26-39(27-31-42)44-20-13-21-47-48-34-35-53-54(56(48)60-55(44)47)49-19-10-12-23-52(49)59(53)40-16-7-4-8-17-40/h3-36H,1-2H3. The summed E-state index contributed by atoms with van der Waals surface area (Å²) >= 11 is 0. The lowest BCUT2D eigenvalue weighted by atomic mass is 9.82. The summed E-state index contributed by atoms with van der Waals surface area (Å²) in [6, 6.07) is 74.6. The zero-order valence-corrected chi connectivity index (χ0v) is 33.4. The molecule has 0 saturated carbocycles. The average molecular weight is 769 g/mol. The highest BCUT2D eigenvalue weighted by molar-refractivity contribution is 6.24. The predicted octanol–water partition coefficient (Wildman–Crippen LogP) is 15.8. The highest BCUT2D eigenvalue weighted by atomic mass is 16.3. The van der Waals surface area contributed by atoms with Crippen LogP contribution in [0.3, 0.4) is 0 Å². The Labute approximate surface area is 349 Å². The van der Waals surface area contributed by atoms with Gasteiger partial charge in [0.15, 0.2) is 0 Å². The number of hydrogen-bond acceptors (Lipinski definition) is 2. The maximum absolute atomic E-state index is 7.04. The molecule has 0 amide bonds. The third kappa shape index (κ3) is 5.15. The van der Waals surface area contributed by atoms with Crippen LogP contribution in [0.5, 0.6) is 0 Å². The van der Waals surface area contributed by atoms with Gasteiger partial charge >= 0.3 is 0 Å². The lowest BCUT2D eigenvalue weighted by molar-refractivity contribution is 0.660. The first-order valence-corrected chi connectivity index (χ1v) is 20.8. The first-order valence-electron chi connectivity index (χ1n) is 20.8. The molecule has 0 spiro atoms. The number of para-hydroxylation sites is 3. The Bertz CT molecular complexity index is 3430. The molecule has 0 atom stereocenters. The first-order chi connectivity index (χ1) is 29.5. The monoisotopic (exact) mass is 768 g/mol. The second kappa shape index (κ2) is 13.2. The molecule has 0 N–H and O–H groups in total. The molecule has 0 unspecified atom stereocenters. The maximum atomic E-state index is 7.04. The van der Waals surface area contributed by atoms with Crippen LogP contribution in [-0.2, 0) is 5.41 Å². The topological polar surface area (TPSA) is 21.3 Å². The van der Waals surface area contributed by atoms with Gasteiger partial charge in [-0.25, -0.2) is 0 Å². The minimum atomic E-state index is -0.109. The molecule has 0 radical (unpaired) electrons. The fourth-order valence-electron chi connectivity index (χ4n) is 9.89. The van der Waals surface area contributed by atoms with Crippen LogP contribution in [0, 0.1) is 0 Å². The van der Waals surface area contributed by atoms with Crippen LogP contribution in [0.25, 0.3) is 82.8 Å². The van der Waals surface area contributed by atoms with Crippen molar-refractivity contribution in [1.82, 2.24) is 4.57 Å². The molecule has 0 bridgehead atoms. The van der Waals surface area contributed by atoms with Gasteiger partial charge in [-0.05, 0) is 106 Å². The average Bonchev–Trinajstić information content (AvgIpc) is 3.93. The second-order valence-corrected chi connectivity index (χ2v) is 16.5. The summed E-state index contributed by atoms with van der Waals surface area (Å²) in [6.07, 6.45) is 0. The van der Waals surface area contributed by atoms with Gasteiger partial charge in [0.2, 0.25) is 0 Å². The molecule has 2 aromatic heterocycles. The molecular formula is C57H40N2O. The van der Waals surface area contributed by atoms with Gasteiger partial charge < -0.3 is 13.9 Å². The number of anilines is 3. The summed E-state index contributed by atoms with van der Waals surface area (Å²) in [4.78, 5) is 2.39. The van der Waals surface area contributed by atoms with Gasteiger partial charge in [-0.2, -0.15) is 0 Å². The van der Waals surface area contributed by atoms with E-state index in [0.717, 1.165) is 66.7 Å². The summed E-state index contributed by atoms with van der Waals surface area (Å²) in [5.74, 6) is 0.